The summed E-state index contributed by atoms with van der Waals surface area (Å²) >= 11 is 0. The van der Waals surface area contributed by atoms with E-state index < -0.39 is 15.9 Å². The Bertz CT molecular complexity index is 908. The molecule has 2 aromatic carbocycles. The van der Waals surface area contributed by atoms with Crippen LogP contribution in [0.2, 0.25) is 0 Å². The molecule has 0 heterocycles. The van der Waals surface area contributed by atoms with Crippen LogP contribution in [0.15, 0.2) is 53.4 Å². The molecule has 0 spiro atoms. The molecule has 0 radical (unpaired) electrons. The van der Waals surface area contributed by atoms with Crippen LogP contribution in [0, 0.1) is 6.92 Å². The molecule has 0 aliphatic rings. The molecule has 2 N–H and O–H groups in total. The third-order valence-corrected chi connectivity index (χ3v) is 5.37. The van der Waals surface area contributed by atoms with Gasteiger partial charge >= 0.3 is 0 Å². The van der Waals surface area contributed by atoms with Crippen molar-refractivity contribution in [2.24, 2.45) is 0 Å². The maximum Gasteiger partial charge on any atom is 0.243 e. The molecule has 0 unspecified atom stereocenters. The topological polar surface area (TPSA) is 95.6 Å². The Labute approximate surface area is 153 Å². The number of likely N-dealkylation sites (N-methyl/N-ethyl adjacent to an activating group) is 1. The smallest absolute Gasteiger partial charge is 0.243 e. The minimum absolute atomic E-state index is 0.0393. The van der Waals surface area contributed by atoms with Crippen LogP contribution in [-0.2, 0) is 19.6 Å². The van der Waals surface area contributed by atoms with Crippen molar-refractivity contribution < 1.29 is 18.0 Å². The van der Waals surface area contributed by atoms with Crippen LogP contribution >= 0.6 is 0 Å². The van der Waals surface area contributed by atoms with Crippen LogP contribution in [0.4, 0.5) is 11.4 Å². The van der Waals surface area contributed by atoms with E-state index in [1.54, 1.807) is 12.1 Å². The van der Waals surface area contributed by atoms with Crippen LogP contribution in [0.3, 0.4) is 0 Å². The zero-order valence-electron chi connectivity index (χ0n) is 14.8. The van der Waals surface area contributed by atoms with Crippen molar-refractivity contribution >= 4 is 33.2 Å². The van der Waals surface area contributed by atoms with Gasteiger partial charge in [-0.05, 0) is 48.9 Å². The lowest BCUT2D eigenvalue weighted by Crippen LogP contribution is -2.35. The molecule has 8 heteroatoms. The van der Waals surface area contributed by atoms with Crippen molar-refractivity contribution in [2.75, 3.05) is 24.2 Å². The monoisotopic (exact) mass is 375 g/mol. The molecular formula is C18H21N3O4S. The van der Waals surface area contributed by atoms with E-state index in [2.05, 4.69) is 10.6 Å². The molecule has 0 bridgehead atoms. The Morgan fingerprint density at radius 3 is 2.23 bits per heavy atom. The number of rotatable bonds is 6. The van der Waals surface area contributed by atoms with Gasteiger partial charge in [0, 0.05) is 25.3 Å². The van der Waals surface area contributed by atoms with E-state index in [-0.39, 0.29) is 17.3 Å². The molecule has 0 saturated heterocycles. The van der Waals surface area contributed by atoms with Crippen LogP contribution in [0.5, 0.6) is 0 Å². The maximum atomic E-state index is 12.6. The lowest BCUT2D eigenvalue weighted by atomic mass is 10.2. The summed E-state index contributed by atoms with van der Waals surface area (Å²) in [6.07, 6.45) is 0. The van der Waals surface area contributed by atoms with Crippen molar-refractivity contribution in [2.45, 2.75) is 18.7 Å². The first-order valence-electron chi connectivity index (χ1n) is 7.89. The molecule has 7 nitrogen and oxygen atoms in total. The fraction of sp³-hybridized carbons (Fsp3) is 0.222. The predicted octanol–water partition coefficient (Wildman–Crippen LogP) is 2.21. The summed E-state index contributed by atoms with van der Waals surface area (Å²) in [5.74, 6) is -0.679. The van der Waals surface area contributed by atoms with Crippen molar-refractivity contribution in [1.82, 2.24) is 4.31 Å². The summed E-state index contributed by atoms with van der Waals surface area (Å²) in [5, 5.41) is 5.24. The van der Waals surface area contributed by atoms with Gasteiger partial charge < -0.3 is 10.6 Å². The summed E-state index contributed by atoms with van der Waals surface area (Å²) in [6, 6.07) is 13.0. The zero-order valence-corrected chi connectivity index (χ0v) is 15.6. The van der Waals surface area contributed by atoms with Gasteiger partial charge in [0.25, 0.3) is 0 Å². The highest BCUT2D eigenvalue weighted by Gasteiger charge is 2.23. The minimum Gasteiger partial charge on any atom is -0.326 e. The molecule has 2 amide bonds. The number of nitrogens with zero attached hydrogens (tertiary/aromatic N) is 1. The summed E-state index contributed by atoms with van der Waals surface area (Å²) < 4.78 is 26.1. The number of benzene rings is 2. The van der Waals surface area contributed by atoms with E-state index in [0.717, 1.165) is 9.87 Å². The molecule has 0 aliphatic heterocycles. The first kappa shape index (κ1) is 19.6. The van der Waals surface area contributed by atoms with Gasteiger partial charge in [0.2, 0.25) is 21.8 Å². The van der Waals surface area contributed by atoms with Gasteiger partial charge in [0.15, 0.2) is 0 Å². The molecular weight excluding hydrogens is 354 g/mol. The Hall–Kier alpha value is -2.71. The van der Waals surface area contributed by atoms with E-state index in [1.807, 2.05) is 19.1 Å². The molecule has 138 valence electrons. The molecule has 2 rings (SSSR count). The Kier molecular flexibility index (Phi) is 6.12. The number of nitrogens with one attached hydrogen (secondary N) is 2. The Balaban J connectivity index is 2.05. The highest BCUT2D eigenvalue weighted by Crippen LogP contribution is 2.18. The zero-order chi connectivity index (χ0) is 19.3. The second-order valence-electron chi connectivity index (χ2n) is 5.88. The lowest BCUT2D eigenvalue weighted by Gasteiger charge is -2.17. The highest BCUT2D eigenvalue weighted by atomic mass is 32.2. The van der Waals surface area contributed by atoms with Crippen molar-refractivity contribution in [1.29, 1.82) is 0 Å². The van der Waals surface area contributed by atoms with Crippen molar-refractivity contribution in [3.63, 3.8) is 0 Å². The van der Waals surface area contributed by atoms with Gasteiger partial charge in [0.05, 0.1) is 11.4 Å². The van der Waals surface area contributed by atoms with Gasteiger partial charge in [-0.15, -0.1) is 0 Å². The molecule has 0 aromatic heterocycles. The number of sulfonamides is 1. The van der Waals surface area contributed by atoms with E-state index in [4.69, 9.17) is 0 Å². The average molecular weight is 375 g/mol. The average Bonchev–Trinajstić information content (AvgIpc) is 2.54. The largest absolute Gasteiger partial charge is 0.326 e. The van der Waals surface area contributed by atoms with Crippen LogP contribution in [0.25, 0.3) is 0 Å². The standard InChI is InChI=1S/C18H21N3O4S/c1-13-5-4-6-16(11-13)20-18(23)12-21(3)26(24,25)17-9-7-15(8-10-17)19-14(2)22/h4-11H,12H2,1-3H3,(H,19,22)(H,20,23). The number of hydrogen-bond acceptors (Lipinski definition) is 4. The quantitative estimate of drug-likeness (QED) is 0.809. The van der Waals surface area contributed by atoms with E-state index >= 15 is 0 Å². The number of amides is 2. The number of hydrogen-bond donors (Lipinski definition) is 2. The summed E-state index contributed by atoms with van der Waals surface area (Å²) in [4.78, 5) is 23.2. The highest BCUT2D eigenvalue weighted by molar-refractivity contribution is 7.89. The van der Waals surface area contributed by atoms with E-state index in [1.165, 1.54) is 38.2 Å². The Morgan fingerprint density at radius 2 is 1.65 bits per heavy atom. The van der Waals surface area contributed by atoms with Gasteiger partial charge in [-0.2, -0.15) is 4.31 Å². The fourth-order valence-electron chi connectivity index (χ4n) is 2.30. The number of aryl methyl sites for hydroxylation is 1. The van der Waals surface area contributed by atoms with Gasteiger partial charge in [0.1, 0.15) is 0 Å². The van der Waals surface area contributed by atoms with Gasteiger partial charge in [-0.3, -0.25) is 9.59 Å². The third-order valence-electron chi connectivity index (χ3n) is 3.55. The fourth-order valence-corrected chi connectivity index (χ4v) is 3.43. The molecule has 0 aliphatic carbocycles. The molecule has 0 saturated carbocycles. The minimum atomic E-state index is -3.82. The molecule has 0 fully saturated rings. The summed E-state index contributed by atoms with van der Waals surface area (Å²) in [5.41, 5.74) is 2.10. The van der Waals surface area contributed by atoms with E-state index in [0.29, 0.717) is 11.4 Å². The van der Waals surface area contributed by atoms with Gasteiger partial charge in [-0.1, -0.05) is 12.1 Å². The SMILES string of the molecule is CC(=O)Nc1ccc(S(=O)(=O)N(C)CC(=O)Nc2cccc(C)c2)cc1. The first-order valence-corrected chi connectivity index (χ1v) is 9.33. The number of carbonyl (C=O) groups is 2. The first-order chi connectivity index (χ1) is 12.2. The maximum absolute atomic E-state index is 12.6. The third kappa shape index (κ3) is 5.14. The number of anilines is 2. The summed E-state index contributed by atoms with van der Waals surface area (Å²) in [7, 11) is -2.48. The van der Waals surface area contributed by atoms with Crippen LogP contribution < -0.4 is 10.6 Å². The van der Waals surface area contributed by atoms with Crippen molar-refractivity contribution in [3.05, 3.63) is 54.1 Å². The summed E-state index contributed by atoms with van der Waals surface area (Å²) in [6.45, 7) is 2.95. The predicted molar refractivity (Wildman–Crippen MR) is 100 cm³/mol. The van der Waals surface area contributed by atoms with Crippen LogP contribution in [-0.4, -0.2) is 38.1 Å². The van der Waals surface area contributed by atoms with E-state index in [9.17, 15) is 18.0 Å². The second kappa shape index (κ2) is 8.11. The van der Waals surface area contributed by atoms with Gasteiger partial charge in [-0.25, -0.2) is 8.42 Å². The molecule has 0 atom stereocenters. The normalized spacial score (nSPS) is 11.2. The second-order valence-corrected chi connectivity index (χ2v) is 7.93. The molecule has 26 heavy (non-hydrogen) atoms. The number of carbonyl (C=O) groups excluding carboxylic acids is 2. The molecule has 2 aromatic rings. The van der Waals surface area contributed by atoms with Crippen molar-refractivity contribution in [3.8, 4) is 0 Å². The Morgan fingerprint density at radius 1 is 1.00 bits per heavy atom. The lowest BCUT2D eigenvalue weighted by molar-refractivity contribution is -0.116. The van der Waals surface area contributed by atoms with Crippen LogP contribution in [0.1, 0.15) is 12.5 Å².